The molecule has 7 heteroatoms. The smallest absolute Gasteiger partial charge is 0.255 e. The summed E-state index contributed by atoms with van der Waals surface area (Å²) in [6.07, 6.45) is 0. The normalized spacial score (nSPS) is 11.2. The lowest BCUT2D eigenvalue weighted by atomic mass is 10.1. The van der Waals surface area contributed by atoms with Crippen molar-refractivity contribution in [2.75, 3.05) is 19.6 Å². The molecular formula is C21H25N3O3S. The van der Waals surface area contributed by atoms with Gasteiger partial charge in [-0.15, -0.1) is 0 Å². The van der Waals surface area contributed by atoms with Crippen LogP contribution in [0, 0.1) is 18.3 Å². The van der Waals surface area contributed by atoms with Crippen LogP contribution in [0.4, 0.5) is 0 Å². The first-order chi connectivity index (χ1) is 13.3. The van der Waals surface area contributed by atoms with Gasteiger partial charge in [0, 0.05) is 25.2 Å². The van der Waals surface area contributed by atoms with Crippen molar-refractivity contribution < 1.29 is 13.2 Å². The lowest BCUT2D eigenvalue weighted by Gasteiger charge is -2.22. The molecule has 2 aromatic carbocycles. The zero-order valence-electron chi connectivity index (χ0n) is 16.4. The van der Waals surface area contributed by atoms with Gasteiger partial charge in [0.15, 0.2) is 0 Å². The molecule has 0 unspecified atom stereocenters. The van der Waals surface area contributed by atoms with Crippen LogP contribution in [-0.4, -0.2) is 43.2 Å². The van der Waals surface area contributed by atoms with Crippen molar-refractivity contribution in [2.24, 2.45) is 0 Å². The van der Waals surface area contributed by atoms with Crippen molar-refractivity contribution >= 4 is 15.9 Å². The van der Waals surface area contributed by atoms with Crippen LogP contribution in [0.3, 0.4) is 0 Å². The third kappa shape index (κ3) is 4.77. The summed E-state index contributed by atoms with van der Waals surface area (Å²) < 4.78 is 27.2. The molecule has 0 N–H and O–H groups in total. The molecule has 0 atom stereocenters. The van der Waals surface area contributed by atoms with E-state index in [1.54, 1.807) is 32.9 Å². The number of carbonyl (C=O) groups excluding carboxylic acids is 1. The van der Waals surface area contributed by atoms with Crippen LogP contribution in [0.15, 0.2) is 53.4 Å². The molecule has 0 heterocycles. The molecule has 0 fully saturated rings. The number of rotatable bonds is 8. The molecule has 0 aliphatic rings. The SMILES string of the molecule is CCN(CC)S(=O)(=O)c1cc(C(=O)N(CC#N)Cc2ccccc2)ccc1C. The van der Waals surface area contributed by atoms with Gasteiger partial charge in [0.2, 0.25) is 10.0 Å². The molecule has 0 radical (unpaired) electrons. The van der Waals surface area contributed by atoms with Gasteiger partial charge in [-0.3, -0.25) is 4.79 Å². The molecule has 6 nitrogen and oxygen atoms in total. The van der Waals surface area contributed by atoms with Crippen LogP contribution < -0.4 is 0 Å². The van der Waals surface area contributed by atoms with Crippen LogP contribution >= 0.6 is 0 Å². The van der Waals surface area contributed by atoms with Crippen molar-refractivity contribution in [2.45, 2.75) is 32.2 Å². The average molecular weight is 400 g/mol. The fourth-order valence-electron chi connectivity index (χ4n) is 2.98. The number of carbonyl (C=O) groups is 1. The molecule has 0 saturated heterocycles. The number of amides is 1. The first kappa shape index (κ1) is 21.6. The molecule has 1 amide bonds. The number of hydrogen-bond acceptors (Lipinski definition) is 4. The van der Waals surface area contributed by atoms with Gasteiger partial charge in [-0.25, -0.2) is 8.42 Å². The van der Waals surface area contributed by atoms with E-state index in [1.165, 1.54) is 15.3 Å². The first-order valence-corrected chi connectivity index (χ1v) is 10.6. The Hall–Kier alpha value is -2.69. The van der Waals surface area contributed by atoms with Crippen LogP contribution in [0.25, 0.3) is 0 Å². The van der Waals surface area contributed by atoms with Gasteiger partial charge < -0.3 is 4.90 Å². The van der Waals surface area contributed by atoms with Gasteiger partial charge >= 0.3 is 0 Å². The van der Waals surface area contributed by atoms with Crippen LogP contribution in [-0.2, 0) is 16.6 Å². The number of hydrogen-bond donors (Lipinski definition) is 0. The highest BCUT2D eigenvalue weighted by Crippen LogP contribution is 2.22. The summed E-state index contributed by atoms with van der Waals surface area (Å²) in [5.41, 5.74) is 1.73. The lowest BCUT2D eigenvalue weighted by Crippen LogP contribution is -2.33. The van der Waals surface area contributed by atoms with E-state index in [9.17, 15) is 13.2 Å². The van der Waals surface area contributed by atoms with Gasteiger partial charge in [-0.1, -0.05) is 50.2 Å². The molecule has 148 valence electrons. The van der Waals surface area contributed by atoms with E-state index in [0.29, 0.717) is 18.7 Å². The maximum Gasteiger partial charge on any atom is 0.255 e. The number of nitrogens with zero attached hydrogens (tertiary/aromatic N) is 3. The number of benzene rings is 2. The highest BCUT2D eigenvalue weighted by atomic mass is 32.2. The molecule has 0 aliphatic heterocycles. The van der Waals surface area contributed by atoms with Crippen molar-refractivity contribution in [1.82, 2.24) is 9.21 Å². The Kier molecular flexibility index (Phi) is 7.32. The van der Waals surface area contributed by atoms with E-state index < -0.39 is 10.0 Å². The van der Waals surface area contributed by atoms with E-state index in [2.05, 4.69) is 0 Å². The highest BCUT2D eigenvalue weighted by molar-refractivity contribution is 7.89. The summed E-state index contributed by atoms with van der Waals surface area (Å²) in [6, 6.07) is 16.0. The number of aryl methyl sites for hydroxylation is 1. The molecule has 0 bridgehead atoms. The fourth-order valence-corrected chi connectivity index (χ4v) is 4.69. The monoisotopic (exact) mass is 399 g/mol. The van der Waals surface area contributed by atoms with E-state index in [4.69, 9.17) is 5.26 Å². The molecule has 0 aliphatic carbocycles. The first-order valence-electron chi connectivity index (χ1n) is 9.16. The number of sulfonamides is 1. The molecular weight excluding hydrogens is 374 g/mol. The predicted molar refractivity (Wildman–Crippen MR) is 108 cm³/mol. The molecule has 28 heavy (non-hydrogen) atoms. The van der Waals surface area contributed by atoms with E-state index in [1.807, 2.05) is 36.4 Å². The topological polar surface area (TPSA) is 81.5 Å². The minimum Gasteiger partial charge on any atom is -0.321 e. The molecule has 2 rings (SSSR count). The van der Waals surface area contributed by atoms with Gasteiger partial charge in [0.05, 0.1) is 11.0 Å². The minimum atomic E-state index is -3.69. The Morgan fingerprint density at radius 2 is 1.71 bits per heavy atom. The second kappa shape index (κ2) is 9.49. The largest absolute Gasteiger partial charge is 0.321 e. The van der Waals surface area contributed by atoms with E-state index >= 15 is 0 Å². The molecule has 0 saturated carbocycles. The van der Waals surface area contributed by atoms with Crippen LogP contribution in [0.5, 0.6) is 0 Å². The Morgan fingerprint density at radius 3 is 2.29 bits per heavy atom. The van der Waals surface area contributed by atoms with E-state index in [0.717, 1.165) is 5.56 Å². The third-order valence-electron chi connectivity index (χ3n) is 4.52. The molecule has 0 aromatic heterocycles. The van der Waals surface area contributed by atoms with Crippen LogP contribution in [0.1, 0.15) is 35.3 Å². The van der Waals surface area contributed by atoms with Crippen molar-refractivity contribution in [3.63, 3.8) is 0 Å². The number of nitriles is 1. The van der Waals surface area contributed by atoms with Crippen molar-refractivity contribution in [1.29, 1.82) is 5.26 Å². The maximum atomic E-state index is 13.0. The average Bonchev–Trinajstić information content (AvgIpc) is 2.69. The summed E-state index contributed by atoms with van der Waals surface area (Å²) in [6.45, 7) is 6.16. The van der Waals surface area contributed by atoms with Gasteiger partial charge in [0.25, 0.3) is 5.91 Å². The Balaban J connectivity index is 2.40. The van der Waals surface area contributed by atoms with Gasteiger partial charge in [-0.05, 0) is 30.2 Å². The summed E-state index contributed by atoms with van der Waals surface area (Å²) >= 11 is 0. The molecule has 2 aromatic rings. The van der Waals surface area contributed by atoms with Crippen molar-refractivity contribution in [3.8, 4) is 6.07 Å². The summed E-state index contributed by atoms with van der Waals surface area (Å²) in [4.78, 5) is 14.5. The zero-order valence-corrected chi connectivity index (χ0v) is 17.2. The van der Waals surface area contributed by atoms with Crippen LogP contribution in [0.2, 0.25) is 0 Å². The summed E-state index contributed by atoms with van der Waals surface area (Å²) in [5.74, 6) is -0.374. The maximum absolute atomic E-state index is 13.0. The summed E-state index contributed by atoms with van der Waals surface area (Å²) in [5, 5.41) is 9.13. The Morgan fingerprint density at radius 1 is 1.07 bits per heavy atom. The summed E-state index contributed by atoms with van der Waals surface area (Å²) in [7, 11) is -3.69. The minimum absolute atomic E-state index is 0.0836. The Labute approximate surface area is 167 Å². The fraction of sp³-hybridized carbons (Fsp3) is 0.333. The second-order valence-corrected chi connectivity index (χ2v) is 8.28. The second-order valence-electron chi connectivity index (χ2n) is 6.37. The molecule has 0 spiro atoms. The standard InChI is InChI=1S/C21H25N3O3S/c1-4-24(5-2)28(26,27)20-15-19(12-11-17(20)3)21(25)23(14-13-22)16-18-9-7-6-8-10-18/h6-12,15H,4-5,14,16H2,1-3H3. The van der Waals surface area contributed by atoms with Crippen molar-refractivity contribution in [3.05, 3.63) is 65.2 Å². The highest BCUT2D eigenvalue weighted by Gasteiger charge is 2.26. The van der Waals surface area contributed by atoms with Gasteiger partial charge in [-0.2, -0.15) is 9.57 Å². The lowest BCUT2D eigenvalue weighted by molar-refractivity contribution is 0.0764. The quantitative estimate of drug-likeness (QED) is 0.639. The zero-order chi connectivity index (χ0) is 20.7. The Bertz CT molecular complexity index is 962. The van der Waals surface area contributed by atoms with E-state index in [-0.39, 0.29) is 29.5 Å². The third-order valence-corrected chi connectivity index (χ3v) is 6.72. The van der Waals surface area contributed by atoms with Gasteiger partial charge in [0.1, 0.15) is 6.54 Å². The predicted octanol–water partition coefficient (Wildman–Crippen LogP) is 3.19.